The van der Waals surface area contributed by atoms with Gasteiger partial charge >= 0.3 is 0 Å². The van der Waals surface area contributed by atoms with E-state index in [-0.39, 0.29) is 37.7 Å². The molecule has 0 aliphatic heterocycles. The number of Topliss-reactive ketones (excluding diaryl/α,β-unsaturated/α-hetero) is 1. The number of carbonyl (C=O) groups is 1. The van der Waals surface area contributed by atoms with E-state index >= 15 is 0 Å². The number of hydrogen-bond donors (Lipinski definition) is 1. The van der Waals surface area contributed by atoms with Gasteiger partial charge in [0.25, 0.3) is 0 Å². The van der Waals surface area contributed by atoms with Crippen LogP contribution in [0.25, 0.3) is 44.1 Å². The Kier molecular flexibility index (Phi) is 12.7. The van der Waals surface area contributed by atoms with Gasteiger partial charge in [0, 0.05) is 42.9 Å². The molecule has 7 rings (SSSR count). The number of pyridine rings is 1. The predicted molar refractivity (Wildman–Crippen MR) is 210 cm³/mol. The zero-order chi connectivity index (χ0) is 34.5. The van der Waals surface area contributed by atoms with Gasteiger partial charge in [-0.1, -0.05) is 148 Å². The second-order valence-corrected chi connectivity index (χ2v) is 20.4. The summed E-state index contributed by atoms with van der Waals surface area (Å²) in [6.07, 6.45) is 11.4. The van der Waals surface area contributed by atoms with Crippen LogP contribution in [-0.2, 0) is 24.9 Å². The van der Waals surface area contributed by atoms with Gasteiger partial charge in [0.05, 0.1) is 13.6 Å². The summed E-state index contributed by atoms with van der Waals surface area (Å²) in [6, 6.07) is 34.1. The summed E-state index contributed by atoms with van der Waals surface area (Å²) in [5, 5.41) is 15.5. The quantitative estimate of drug-likeness (QED) is 0.0801. The van der Waals surface area contributed by atoms with Crippen molar-refractivity contribution in [3.05, 3.63) is 108 Å². The fourth-order valence-corrected chi connectivity index (χ4v) is 8.89. The zero-order valence-electron chi connectivity index (χ0n) is 30.4. The van der Waals surface area contributed by atoms with Gasteiger partial charge in [-0.3, -0.25) is 9.78 Å². The number of fused-ring (bicyclic) bond motifs is 2. The molecule has 1 aromatic heterocycles. The molecule has 2 aliphatic rings. The number of benzene rings is 4. The monoisotopic (exact) mass is 859 g/mol. The van der Waals surface area contributed by atoms with Gasteiger partial charge in [-0.15, -0.1) is 28.6 Å². The number of nitrogens with zero attached hydrogens (tertiary/aromatic N) is 1. The molecule has 1 radical (unpaired) electrons. The van der Waals surface area contributed by atoms with Crippen LogP contribution >= 0.6 is 0 Å². The van der Waals surface area contributed by atoms with Crippen molar-refractivity contribution in [1.82, 2.24) is 4.98 Å². The van der Waals surface area contributed by atoms with Crippen molar-refractivity contribution in [2.45, 2.75) is 97.7 Å². The number of ketones is 1. The van der Waals surface area contributed by atoms with Crippen molar-refractivity contribution in [3.63, 3.8) is 0 Å². The van der Waals surface area contributed by atoms with Crippen molar-refractivity contribution < 1.29 is 30.0 Å². The Balaban J connectivity index is 0.000000219. The molecule has 263 valence electrons. The second-order valence-electron chi connectivity index (χ2n) is 15.3. The van der Waals surface area contributed by atoms with Gasteiger partial charge < -0.3 is 5.11 Å². The van der Waals surface area contributed by atoms with E-state index in [1.54, 1.807) is 0 Å². The van der Waals surface area contributed by atoms with E-state index in [0.29, 0.717) is 11.3 Å². The predicted octanol–water partition coefficient (Wildman–Crippen LogP) is 11.9. The topological polar surface area (TPSA) is 50.2 Å². The van der Waals surface area contributed by atoms with Crippen LogP contribution in [0.1, 0.15) is 76.7 Å². The van der Waals surface area contributed by atoms with Crippen LogP contribution in [0, 0.1) is 24.8 Å². The summed E-state index contributed by atoms with van der Waals surface area (Å²) in [4.78, 5) is 17.5. The van der Waals surface area contributed by atoms with Gasteiger partial charge in [0.2, 0.25) is 0 Å². The van der Waals surface area contributed by atoms with E-state index in [2.05, 4.69) is 118 Å². The Morgan fingerprint density at radius 1 is 0.760 bits per heavy atom. The van der Waals surface area contributed by atoms with E-state index in [9.17, 15) is 9.90 Å². The summed E-state index contributed by atoms with van der Waals surface area (Å²) in [6.45, 7) is 11.1. The molecule has 2 aliphatic carbocycles. The van der Waals surface area contributed by atoms with Crippen LogP contribution in [0.3, 0.4) is 0 Å². The number of hydrogen-bond acceptors (Lipinski definition) is 3. The van der Waals surface area contributed by atoms with Crippen LogP contribution in [0.15, 0.2) is 96.3 Å². The van der Waals surface area contributed by atoms with E-state index in [0.717, 1.165) is 48.0 Å². The molecule has 0 atom stereocenters. The minimum atomic E-state index is -1.42. The van der Waals surface area contributed by atoms with Crippen molar-refractivity contribution in [2.24, 2.45) is 11.8 Å². The second kappa shape index (κ2) is 16.8. The molecule has 0 spiro atoms. The first-order valence-corrected chi connectivity index (χ1v) is 22.0. The molecule has 2 fully saturated rings. The van der Waals surface area contributed by atoms with E-state index in [1.807, 2.05) is 6.92 Å². The molecule has 0 amide bonds. The Labute approximate surface area is 314 Å². The third-order valence-corrected chi connectivity index (χ3v) is 12.8. The minimum Gasteiger partial charge on any atom is -0.512 e. The number of allylic oxidation sites excluding steroid dienone is 2. The molecule has 4 aromatic carbocycles. The van der Waals surface area contributed by atoms with Gasteiger partial charge in [-0.25, -0.2) is 0 Å². The molecule has 1 heterocycles. The molecule has 0 bridgehead atoms. The van der Waals surface area contributed by atoms with Gasteiger partial charge in [-0.2, -0.15) is 0 Å². The number of aliphatic hydroxyl groups is 1. The van der Waals surface area contributed by atoms with E-state index < -0.39 is 8.07 Å². The van der Waals surface area contributed by atoms with Crippen molar-refractivity contribution in [3.8, 4) is 22.4 Å². The molecular formula is C45H52IrNO2Si-. The maximum Gasteiger partial charge on any atom is 0.164 e. The van der Waals surface area contributed by atoms with Crippen molar-refractivity contribution >= 4 is 40.7 Å². The molecular weight excluding hydrogens is 807 g/mol. The standard InChI is InChI=1S/C29H26NSi.C16H26O2.Ir/c1-20-16-23(17-22-12-8-9-13-25(20)22)29-19-26(21-10-6-5-7-11-21)27-18-24(31(2,3)4)14-15-28(27)30-29;1-12(15(17)13-8-4-2-5-9-13)16(18)14-10-6-3-7-11-14;/h5-15,17-19H,1-4H3;13-14,17H,2-11H2,1H3;/q-1;;/b;15-12-;. The first-order chi connectivity index (χ1) is 23.6. The van der Waals surface area contributed by atoms with Crippen molar-refractivity contribution in [1.29, 1.82) is 0 Å². The summed E-state index contributed by atoms with van der Waals surface area (Å²) >= 11 is 0. The number of carbonyl (C=O) groups excluding carboxylic acids is 1. The van der Waals surface area contributed by atoms with Crippen LogP contribution in [0.4, 0.5) is 0 Å². The summed E-state index contributed by atoms with van der Waals surface area (Å²) in [5.74, 6) is 1.07. The molecule has 0 unspecified atom stereocenters. The Morgan fingerprint density at radius 2 is 1.38 bits per heavy atom. The maximum absolute atomic E-state index is 12.4. The smallest absolute Gasteiger partial charge is 0.164 e. The van der Waals surface area contributed by atoms with Crippen LogP contribution < -0.4 is 5.19 Å². The number of aliphatic hydroxyl groups excluding tert-OH is 1. The molecule has 0 saturated heterocycles. The Hall–Kier alpha value is -3.37. The summed E-state index contributed by atoms with van der Waals surface area (Å²) < 4.78 is 0. The number of aryl methyl sites for hydroxylation is 1. The molecule has 1 N–H and O–H groups in total. The Bertz CT molecular complexity index is 1970. The molecule has 3 nitrogen and oxygen atoms in total. The Morgan fingerprint density at radius 3 is 2.04 bits per heavy atom. The van der Waals surface area contributed by atoms with E-state index in [1.165, 1.54) is 71.0 Å². The van der Waals surface area contributed by atoms with Crippen LogP contribution in [0.5, 0.6) is 0 Å². The SMILES string of the molecule is C/C(C(=O)C1CCCCC1)=C(/O)C1CCCCC1.Cc1[c-]c(-c2cc(-c3ccccc3)c3cc([Si](C)(C)C)ccc3n2)cc2ccccc12.[Ir]. The third-order valence-electron chi connectivity index (χ3n) is 10.7. The molecule has 5 aromatic rings. The largest absolute Gasteiger partial charge is 0.512 e. The molecule has 5 heteroatoms. The average molecular weight is 859 g/mol. The van der Waals surface area contributed by atoms with Gasteiger partial charge in [0.15, 0.2) is 5.78 Å². The molecule has 2 saturated carbocycles. The number of rotatable bonds is 6. The minimum absolute atomic E-state index is 0. The summed E-state index contributed by atoms with van der Waals surface area (Å²) in [5.41, 5.74) is 7.34. The normalized spacial score (nSPS) is 16.3. The van der Waals surface area contributed by atoms with Gasteiger partial charge in [-0.05, 0) is 55.5 Å². The van der Waals surface area contributed by atoms with E-state index in [4.69, 9.17) is 4.98 Å². The first kappa shape index (κ1) is 37.9. The van der Waals surface area contributed by atoms with Crippen LogP contribution in [0.2, 0.25) is 19.6 Å². The fourth-order valence-electron chi connectivity index (χ4n) is 7.73. The molecule has 50 heavy (non-hydrogen) atoms. The maximum atomic E-state index is 12.4. The average Bonchev–Trinajstić information content (AvgIpc) is 3.14. The third kappa shape index (κ3) is 8.73. The fraction of sp³-hybridized carbons (Fsp3) is 0.378. The number of aromatic nitrogens is 1. The van der Waals surface area contributed by atoms with Crippen molar-refractivity contribution in [2.75, 3.05) is 0 Å². The summed E-state index contributed by atoms with van der Waals surface area (Å²) in [7, 11) is -1.42. The van der Waals surface area contributed by atoms with Gasteiger partial charge in [0.1, 0.15) is 5.76 Å². The van der Waals surface area contributed by atoms with Crippen LogP contribution in [-0.4, -0.2) is 23.9 Å². The zero-order valence-corrected chi connectivity index (χ0v) is 33.8. The first-order valence-electron chi connectivity index (χ1n) is 18.5.